The van der Waals surface area contributed by atoms with Crippen LogP contribution in [0.2, 0.25) is 0 Å². The highest BCUT2D eigenvalue weighted by molar-refractivity contribution is 5.84. The summed E-state index contributed by atoms with van der Waals surface area (Å²) in [5, 5.41) is 5.43. The first kappa shape index (κ1) is 15.0. The summed E-state index contributed by atoms with van der Waals surface area (Å²) in [5.41, 5.74) is 2.82. The molecule has 0 bridgehead atoms. The van der Waals surface area contributed by atoms with Gasteiger partial charge in [-0.15, -0.1) is 0 Å². The number of rotatable bonds is 3. The molecule has 2 heterocycles. The van der Waals surface area contributed by atoms with Crippen molar-refractivity contribution in [3.05, 3.63) is 58.0 Å². The Morgan fingerprint density at radius 1 is 1.22 bits per heavy atom. The Hall–Kier alpha value is -2.89. The number of hydrogen-bond acceptors (Lipinski definition) is 4. The maximum Gasteiger partial charge on any atom is 0.325 e. The number of carbonyl (C=O) groups excluding carboxylic acids is 1. The lowest BCUT2D eigenvalue weighted by Crippen LogP contribution is -2.26. The summed E-state index contributed by atoms with van der Waals surface area (Å²) in [6.07, 6.45) is 0. The van der Waals surface area contributed by atoms with E-state index in [-0.39, 0.29) is 12.1 Å². The minimum Gasteiger partial charge on any atom is -0.468 e. The summed E-state index contributed by atoms with van der Waals surface area (Å²) in [5.74, 6) is -0.476. The van der Waals surface area contributed by atoms with E-state index in [1.54, 1.807) is 4.68 Å². The Bertz CT molecular complexity index is 939. The normalized spacial score (nSPS) is 10.9. The lowest BCUT2D eigenvalue weighted by molar-refractivity contribution is -0.141. The van der Waals surface area contributed by atoms with Gasteiger partial charge in [0, 0.05) is 11.5 Å². The van der Waals surface area contributed by atoms with Crippen molar-refractivity contribution in [2.24, 2.45) is 0 Å². The number of benzene rings is 1. The highest BCUT2D eigenvalue weighted by atomic mass is 16.5. The number of aromatic nitrogens is 3. The number of carbonyl (C=O) groups is 1. The van der Waals surface area contributed by atoms with Crippen molar-refractivity contribution in [2.75, 3.05) is 7.11 Å². The molecular formula is C17H17N3O3. The molecule has 0 unspecified atom stereocenters. The van der Waals surface area contributed by atoms with Crippen molar-refractivity contribution in [1.82, 2.24) is 14.3 Å². The molecule has 6 heteroatoms. The Morgan fingerprint density at radius 3 is 2.57 bits per heavy atom. The zero-order valence-electron chi connectivity index (χ0n) is 13.2. The van der Waals surface area contributed by atoms with Crippen molar-refractivity contribution in [3.63, 3.8) is 0 Å². The molecule has 6 nitrogen and oxygen atoms in total. The first-order chi connectivity index (χ1) is 11.0. The summed E-state index contributed by atoms with van der Waals surface area (Å²) in [4.78, 5) is 24.1. The van der Waals surface area contributed by atoms with Crippen molar-refractivity contribution in [2.45, 2.75) is 20.4 Å². The van der Waals surface area contributed by atoms with Crippen LogP contribution in [-0.4, -0.2) is 27.4 Å². The number of fused-ring (bicyclic) bond motifs is 1. The van der Waals surface area contributed by atoms with Crippen molar-refractivity contribution in [1.29, 1.82) is 0 Å². The average molecular weight is 311 g/mol. The van der Waals surface area contributed by atoms with Gasteiger partial charge < -0.3 is 4.74 Å². The van der Waals surface area contributed by atoms with Gasteiger partial charge in [-0.05, 0) is 31.5 Å². The number of para-hydroxylation sites is 1. The van der Waals surface area contributed by atoms with Crippen molar-refractivity contribution >= 4 is 17.0 Å². The molecule has 0 aliphatic heterocycles. The average Bonchev–Trinajstić information content (AvgIpc) is 2.90. The van der Waals surface area contributed by atoms with E-state index in [1.807, 2.05) is 44.2 Å². The second-order valence-corrected chi connectivity index (χ2v) is 5.36. The van der Waals surface area contributed by atoms with E-state index < -0.39 is 5.97 Å². The summed E-state index contributed by atoms with van der Waals surface area (Å²) < 4.78 is 7.81. The number of aryl methyl sites for hydroxylation is 2. The van der Waals surface area contributed by atoms with Crippen LogP contribution in [0.5, 0.6) is 0 Å². The molecular weight excluding hydrogens is 294 g/mol. The summed E-state index contributed by atoms with van der Waals surface area (Å²) in [6, 6.07) is 11.0. The highest BCUT2D eigenvalue weighted by Crippen LogP contribution is 2.23. The van der Waals surface area contributed by atoms with Crippen LogP contribution >= 0.6 is 0 Å². The third kappa shape index (κ3) is 2.52. The van der Waals surface area contributed by atoms with E-state index in [4.69, 9.17) is 4.74 Å². The van der Waals surface area contributed by atoms with Gasteiger partial charge in [0.2, 0.25) is 0 Å². The quantitative estimate of drug-likeness (QED) is 0.694. The van der Waals surface area contributed by atoms with Gasteiger partial charge in [0.25, 0.3) is 5.56 Å². The van der Waals surface area contributed by atoms with Gasteiger partial charge in [-0.2, -0.15) is 5.10 Å². The molecule has 3 aromatic rings. The number of methoxy groups -OCH3 is 1. The fraction of sp³-hybridized carbons (Fsp3) is 0.235. The van der Waals surface area contributed by atoms with Crippen molar-refractivity contribution in [3.8, 4) is 5.69 Å². The molecule has 0 saturated heterocycles. The van der Waals surface area contributed by atoms with Crippen LogP contribution in [-0.2, 0) is 16.1 Å². The molecule has 0 aliphatic rings. The second kappa shape index (κ2) is 5.72. The molecule has 118 valence electrons. The smallest absolute Gasteiger partial charge is 0.325 e. The molecule has 0 N–H and O–H groups in total. The van der Waals surface area contributed by atoms with E-state index in [9.17, 15) is 9.59 Å². The predicted octanol–water partition coefficient (Wildman–Crippen LogP) is 1.98. The number of nitrogens with zero attached hydrogens (tertiary/aromatic N) is 3. The predicted molar refractivity (Wildman–Crippen MR) is 86.8 cm³/mol. The Labute approximate surface area is 132 Å². The topological polar surface area (TPSA) is 66.1 Å². The van der Waals surface area contributed by atoms with Gasteiger partial charge >= 0.3 is 5.97 Å². The molecule has 2 aromatic heterocycles. The second-order valence-electron chi connectivity index (χ2n) is 5.36. The summed E-state index contributed by atoms with van der Waals surface area (Å²) in [6.45, 7) is 3.61. The monoisotopic (exact) mass is 311 g/mol. The SMILES string of the molecule is COC(=O)Cn1c(=O)cc(C)c2c(C)nn(-c3ccccc3)c21. The molecule has 0 amide bonds. The molecule has 0 radical (unpaired) electrons. The van der Waals surface area contributed by atoms with E-state index >= 15 is 0 Å². The van der Waals surface area contributed by atoms with Gasteiger partial charge in [-0.25, -0.2) is 4.68 Å². The molecule has 1 aromatic carbocycles. The van der Waals surface area contributed by atoms with E-state index in [0.29, 0.717) is 5.65 Å². The van der Waals surface area contributed by atoms with Crippen LogP contribution < -0.4 is 5.56 Å². The fourth-order valence-electron chi connectivity index (χ4n) is 2.76. The molecule has 0 fully saturated rings. The summed E-state index contributed by atoms with van der Waals surface area (Å²) >= 11 is 0. The van der Waals surface area contributed by atoms with Crippen LogP contribution in [0.1, 0.15) is 11.3 Å². The van der Waals surface area contributed by atoms with Crippen LogP contribution in [0, 0.1) is 13.8 Å². The fourth-order valence-corrected chi connectivity index (χ4v) is 2.76. The number of ether oxygens (including phenoxy) is 1. The number of esters is 1. The molecule has 3 rings (SSSR count). The first-order valence-corrected chi connectivity index (χ1v) is 7.25. The Kier molecular flexibility index (Phi) is 3.73. The van der Waals surface area contributed by atoms with Crippen LogP contribution in [0.15, 0.2) is 41.2 Å². The molecule has 23 heavy (non-hydrogen) atoms. The lowest BCUT2D eigenvalue weighted by atomic mass is 10.1. The molecule has 0 spiro atoms. The standard InChI is InChI=1S/C17H17N3O3/c1-11-9-14(21)19(10-15(22)23-3)17-16(11)12(2)18-20(17)13-7-5-4-6-8-13/h4-9H,10H2,1-3H3. The largest absolute Gasteiger partial charge is 0.468 e. The summed E-state index contributed by atoms with van der Waals surface area (Å²) in [7, 11) is 1.30. The molecule has 0 atom stereocenters. The maximum atomic E-state index is 12.4. The number of hydrogen-bond donors (Lipinski definition) is 0. The van der Waals surface area contributed by atoms with Gasteiger partial charge in [-0.1, -0.05) is 18.2 Å². The molecule has 0 aliphatic carbocycles. The van der Waals surface area contributed by atoms with Gasteiger partial charge in [0.15, 0.2) is 0 Å². The third-order valence-corrected chi connectivity index (χ3v) is 3.81. The van der Waals surface area contributed by atoms with E-state index in [1.165, 1.54) is 17.7 Å². The molecule has 0 saturated carbocycles. The zero-order chi connectivity index (χ0) is 16.6. The van der Waals surface area contributed by atoms with Crippen molar-refractivity contribution < 1.29 is 9.53 Å². The van der Waals surface area contributed by atoms with Crippen LogP contribution in [0.25, 0.3) is 16.7 Å². The van der Waals surface area contributed by atoms with E-state index in [0.717, 1.165) is 22.3 Å². The highest BCUT2D eigenvalue weighted by Gasteiger charge is 2.18. The number of pyridine rings is 1. The van der Waals surface area contributed by atoms with E-state index in [2.05, 4.69) is 5.10 Å². The third-order valence-electron chi connectivity index (χ3n) is 3.81. The minimum atomic E-state index is -0.476. The van der Waals surface area contributed by atoms with Crippen LogP contribution in [0.4, 0.5) is 0 Å². The maximum absolute atomic E-state index is 12.4. The first-order valence-electron chi connectivity index (χ1n) is 7.25. The lowest BCUT2D eigenvalue weighted by Gasteiger charge is -2.11. The van der Waals surface area contributed by atoms with Gasteiger partial charge in [0.05, 0.1) is 18.5 Å². The zero-order valence-corrected chi connectivity index (χ0v) is 13.2. The minimum absolute atomic E-state index is 0.149. The van der Waals surface area contributed by atoms with Gasteiger partial charge in [0.1, 0.15) is 12.2 Å². The van der Waals surface area contributed by atoms with Gasteiger partial charge in [-0.3, -0.25) is 14.2 Å². The Morgan fingerprint density at radius 2 is 1.91 bits per heavy atom. The Balaban J connectivity index is 2.38. The van der Waals surface area contributed by atoms with Crippen LogP contribution in [0.3, 0.4) is 0 Å².